The van der Waals surface area contributed by atoms with E-state index in [4.69, 9.17) is 9.47 Å². The molecule has 2 heterocycles. The van der Waals surface area contributed by atoms with Crippen LogP contribution in [0.4, 0.5) is 0 Å². The van der Waals surface area contributed by atoms with Gasteiger partial charge in [0.15, 0.2) is 5.79 Å². The van der Waals surface area contributed by atoms with Gasteiger partial charge in [-0.05, 0) is 30.4 Å². The lowest BCUT2D eigenvalue weighted by atomic mass is 9.64. The van der Waals surface area contributed by atoms with Crippen molar-refractivity contribution >= 4 is 11.3 Å². The molecule has 0 radical (unpaired) electrons. The van der Waals surface area contributed by atoms with Crippen molar-refractivity contribution in [3.8, 4) is 0 Å². The Bertz CT molecular complexity index is 696. The van der Waals surface area contributed by atoms with Crippen LogP contribution in [-0.2, 0) is 21.3 Å². The van der Waals surface area contributed by atoms with E-state index in [-0.39, 0.29) is 11.2 Å². The first-order valence-corrected chi connectivity index (χ1v) is 9.45. The van der Waals surface area contributed by atoms with E-state index in [1.807, 2.05) is 17.5 Å². The molecule has 2 aliphatic carbocycles. The summed E-state index contributed by atoms with van der Waals surface area (Å²) in [6.07, 6.45) is 7.34. The minimum atomic E-state index is -0.295. The normalized spacial score (nSPS) is 27.6. The van der Waals surface area contributed by atoms with Crippen LogP contribution in [0.2, 0.25) is 0 Å². The molecule has 0 bridgehead atoms. The van der Waals surface area contributed by atoms with E-state index in [0.29, 0.717) is 5.92 Å². The second kappa shape index (κ2) is 5.13. The number of fused-ring (bicyclic) bond motifs is 2. The summed E-state index contributed by atoms with van der Waals surface area (Å²) < 4.78 is 11.9. The predicted octanol–water partition coefficient (Wildman–Crippen LogP) is 4.04. The first kappa shape index (κ1) is 14.1. The molecular weight excluding hydrogens is 306 g/mol. The van der Waals surface area contributed by atoms with Gasteiger partial charge in [0.05, 0.1) is 18.2 Å². The second-order valence-electron chi connectivity index (χ2n) is 7.05. The zero-order valence-electron chi connectivity index (χ0n) is 13.2. The topological polar surface area (TPSA) is 31.4 Å². The van der Waals surface area contributed by atoms with E-state index >= 15 is 0 Å². The summed E-state index contributed by atoms with van der Waals surface area (Å²) in [5.41, 5.74) is 3.28. The molecule has 1 aromatic carbocycles. The van der Waals surface area contributed by atoms with E-state index in [0.717, 1.165) is 45.3 Å². The highest BCUT2D eigenvalue weighted by Gasteiger charge is 2.54. The number of aromatic nitrogens is 1. The van der Waals surface area contributed by atoms with Crippen molar-refractivity contribution in [3.05, 3.63) is 52.0 Å². The Balaban J connectivity index is 1.55. The van der Waals surface area contributed by atoms with Gasteiger partial charge in [-0.2, -0.15) is 0 Å². The van der Waals surface area contributed by atoms with Crippen LogP contribution in [0, 0.1) is 0 Å². The highest BCUT2D eigenvalue weighted by molar-refractivity contribution is 7.09. The minimum absolute atomic E-state index is 0.217. The highest BCUT2D eigenvalue weighted by Crippen LogP contribution is 2.58. The maximum Gasteiger partial charge on any atom is 0.168 e. The van der Waals surface area contributed by atoms with Crippen LogP contribution in [-0.4, -0.2) is 24.0 Å². The van der Waals surface area contributed by atoms with E-state index in [1.54, 1.807) is 5.56 Å². The van der Waals surface area contributed by atoms with Gasteiger partial charge in [0.25, 0.3) is 0 Å². The monoisotopic (exact) mass is 327 g/mol. The van der Waals surface area contributed by atoms with E-state index < -0.39 is 0 Å². The summed E-state index contributed by atoms with van der Waals surface area (Å²) in [7, 11) is 0. The number of benzene rings is 1. The van der Waals surface area contributed by atoms with Crippen molar-refractivity contribution < 1.29 is 9.47 Å². The van der Waals surface area contributed by atoms with Gasteiger partial charge in [0, 0.05) is 35.8 Å². The molecule has 2 fully saturated rings. The molecule has 4 heteroatoms. The third-order valence-corrected chi connectivity index (χ3v) is 7.00. The maximum absolute atomic E-state index is 5.96. The molecule has 1 aromatic heterocycles. The van der Waals surface area contributed by atoms with Crippen LogP contribution in [0.25, 0.3) is 0 Å². The molecule has 1 atom stereocenters. The molecular formula is C19H21NO2S. The van der Waals surface area contributed by atoms with Crippen LogP contribution in [0.15, 0.2) is 35.8 Å². The molecule has 23 heavy (non-hydrogen) atoms. The summed E-state index contributed by atoms with van der Waals surface area (Å²) in [5, 5.41) is 3.41. The fourth-order valence-corrected chi connectivity index (χ4v) is 5.85. The summed E-state index contributed by atoms with van der Waals surface area (Å²) >= 11 is 1.81. The van der Waals surface area contributed by atoms with Crippen molar-refractivity contribution in [2.75, 3.05) is 13.2 Å². The quantitative estimate of drug-likeness (QED) is 0.792. The lowest BCUT2D eigenvalue weighted by molar-refractivity contribution is -0.186. The van der Waals surface area contributed by atoms with Gasteiger partial charge >= 0.3 is 0 Å². The zero-order chi connectivity index (χ0) is 15.3. The third kappa shape index (κ3) is 2.05. The third-order valence-electron chi connectivity index (χ3n) is 6.11. The van der Waals surface area contributed by atoms with Crippen molar-refractivity contribution in [3.63, 3.8) is 0 Å². The molecule has 3 nitrogen and oxygen atoms in total. The second-order valence-corrected chi connectivity index (χ2v) is 7.97. The van der Waals surface area contributed by atoms with Gasteiger partial charge in [-0.1, -0.05) is 24.3 Å². The Kier molecular flexibility index (Phi) is 3.16. The summed E-state index contributed by atoms with van der Waals surface area (Å²) in [4.78, 5) is 4.68. The molecule has 2 spiro atoms. The molecule has 0 amide bonds. The van der Waals surface area contributed by atoms with E-state index in [1.165, 1.54) is 10.6 Å². The molecule has 5 rings (SSSR count). The maximum atomic E-state index is 5.96. The number of rotatable bonds is 1. The van der Waals surface area contributed by atoms with Crippen molar-refractivity contribution in [1.82, 2.24) is 4.98 Å². The van der Waals surface area contributed by atoms with Crippen LogP contribution >= 0.6 is 11.3 Å². The van der Waals surface area contributed by atoms with Gasteiger partial charge < -0.3 is 9.47 Å². The Morgan fingerprint density at radius 2 is 1.83 bits per heavy atom. The fourth-order valence-electron chi connectivity index (χ4n) is 5.00. The summed E-state index contributed by atoms with van der Waals surface area (Å²) in [5.74, 6) is 0.217. The Hall–Kier alpha value is -1.23. The van der Waals surface area contributed by atoms with Gasteiger partial charge in [-0.3, -0.25) is 0 Å². The Morgan fingerprint density at radius 3 is 2.57 bits per heavy atom. The number of thiazole rings is 1. The molecule has 0 N–H and O–H groups in total. The Labute approximate surface area is 140 Å². The minimum Gasteiger partial charge on any atom is -0.348 e. The van der Waals surface area contributed by atoms with Gasteiger partial charge in [-0.25, -0.2) is 4.98 Å². The smallest absolute Gasteiger partial charge is 0.168 e. The number of nitrogens with zero attached hydrogens (tertiary/aromatic N) is 1. The Morgan fingerprint density at radius 1 is 1.04 bits per heavy atom. The molecule has 1 aliphatic heterocycles. The average Bonchev–Trinajstić information content (AvgIpc) is 3.31. The molecule has 1 unspecified atom stereocenters. The lowest BCUT2D eigenvalue weighted by Crippen LogP contribution is -2.43. The summed E-state index contributed by atoms with van der Waals surface area (Å²) in [6.45, 7) is 1.50. The first-order chi connectivity index (χ1) is 11.3. The van der Waals surface area contributed by atoms with Crippen LogP contribution in [0.5, 0.6) is 0 Å². The molecule has 1 saturated carbocycles. The first-order valence-electron chi connectivity index (χ1n) is 8.57. The standard InChI is InChI=1S/C19H21NO2S/c1-2-4-15-14(3-1)13-16(17-20-9-12-23-17)18(15)5-7-19(8-6-18)21-10-11-22-19/h1-4,9,12,16H,5-8,10-11,13H2. The van der Waals surface area contributed by atoms with Gasteiger partial charge in [0.1, 0.15) is 0 Å². The lowest BCUT2D eigenvalue weighted by Gasteiger charge is -2.45. The molecule has 120 valence electrons. The largest absolute Gasteiger partial charge is 0.348 e. The number of hydrogen-bond acceptors (Lipinski definition) is 4. The molecule has 2 aromatic rings. The van der Waals surface area contributed by atoms with Gasteiger partial charge in [0.2, 0.25) is 0 Å². The van der Waals surface area contributed by atoms with E-state index in [2.05, 4.69) is 34.6 Å². The highest BCUT2D eigenvalue weighted by atomic mass is 32.1. The average molecular weight is 327 g/mol. The van der Waals surface area contributed by atoms with Gasteiger partial charge in [-0.15, -0.1) is 11.3 Å². The van der Waals surface area contributed by atoms with Crippen molar-refractivity contribution in [2.45, 2.75) is 49.2 Å². The van der Waals surface area contributed by atoms with Crippen LogP contribution in [0.3, 0.4) is 0 Å². The number of ether oxygens (including phenoxy) is 2. The van der Waals surface area contributed by atoms with Crippen LogP contribution < -0.4 is 0 Å². The zero-order valence-corrected chi connectivity index (χ0v) is 14.0. The SMILES string of the molecule is c1ccc2c(c1)CC(c1nccs1)C21CCC2(CC1)OCCO2. The van der Waals surface area contributed by atoms with Crippen molar-refractivity contribution in [2.24, 2.45) is 0 Å². The molecule has 3 aliphatic rings. The van der Waals surface area contributed by atoms with Crippen LogP contribution in [0.1, 0.15) is 47.7 Å². The molecule has 1 saturated heterocycles. The fraction of sp³-hybridized carbons (Fsp3) is 0.526. The predicted molar refractivity (Wildman–Crippen MR) is 89.8 cm³/mol. The van der Waals surface area contributed by atoms with Crippen molar-refractivity contribution in [1.29, 1.82) is 0 Å². The van der Waals surface area contributed by atoms with E-state index in [9.17, 15) is 0 Å². The number of hydrogen-bond donors (Lipinski definition) is 0. The summed E-state index contributed by atoms with van der Waals surface area (Å²) in [6, 6.07) is 9.01.